The van der Waals surface area contributed by atoms with Crippen LogP contribution < -0.4 is 32.4 Å². The van der Waals surface area contributed by atoms with Crippen LogP contribution in [0.4, 0.5) is 5.69 Å². The SMILES string of the molecule is Cc1c2oc3c(C)ccc(C(=O)N[C@@H]4C(=O)N[C@H](C(C)C)C(=O)N5[C@H](C(=O)N(C)CC(=O)N(C)[C@@H](C(C)C)C(=O)O[C@@H]4C)[C@@H](O)C[C@@H]5C)c3nc-2c(C(=O)N[C@@H]2C(=O)N[C@H](C(C)C)C(=O)N3[C@@H](C)C(=O)C[C@H]3C(=O)N(C)CC(=O)N(C)[C@@H](C)C(=O)O[C@H]2CO)c(N)c1=O. The van der Waals surface area contributed by atoms with Crippen LogP contribution in [0.3, 0.4) is 0 Å². The van der Waals surface area contributed by atoms with Crippen molar-refractivity contribution in [2.24, 2.45) is 17.8 Å². The second-order valence-corrected chi connectivity index (χ2v) is 25.6. The average Bonchev–Trinajstić information content (AvgIpc) is 1.48. The summed E-state index contributed by atoms with van der Waals surface area (Å²) >= 11 is 0. The van der Waals surface area contributed by atoms with Crippen LogP contribution in [0.15, 0.2) is 21.3 Å². The summed E-state index contributed by atoms with van der Waals surface area (Å²) in [7, 11) is 5.11. The van der Waals surface area contributed by atoms with E-state index in [1.54, 1.807) is 41.5 Å². The van der Waals surface area contributed by atoms with Gasteiger partial charge in [0.1, 0.15) is 65.6 Å². The van der Waals surface area contributed by atoms with Crippen molar-refractivity contribution in [3.05, 3.63) is 44.6 Å². The second-order valence-electron chi connectivity index (χ2n) is 25.6. The van der Waals surface area contributed by atoms with E-state index in [9.17, 15) is 67.7 Å². The number of hydrogen-bond donors (Lipinski definition) is 7. The summed E-state index contributed by atoms with van der Waals surface area (Å²) in [6, 6.07) is -12.0. The number of nitrogens with zero attached hydrogens (tertiary/aromatic N) is 7. The van der Waals surface area contributed by atoms with E-state index >= 15 is 9.59 Å². The van der Waals surface area contributed by atoms with Gasteiger partial charge in [0, 0.05) is 46.2 Å². The molecule has 1 aliphatic carbocycles. The molecular weight excluding hydrogens is 1220 g/mol. The number of benzene rings is 2. The van der Waals surface area contributed by atoms with Crippen molar-refractivity contribution in [1.29, 1.82) is 0 Å². The number of aromatic nitrogens is 1. The molecule has 31 nitrogen and oxygen atoms in total. The second kappa shape index (κ2) is 28.0. The summed E-state index contributed by atoms with van der Waals surface area (Å²) in [5.74, 6) is -14.9. The number of nitrogens with two attached hydrogens (primary N) is 1. The van der Waals surface area contributed by atoms with Crippen LogP contribution >= 0.6 is 0 Å². The van der Waals surface area contributed by atoms with Crippen LogP contribution in [-0.2, 0) is 62.2 Å². The molecule has 0 bridgehead atoms. The van der Waals surface area contributed by atoms with Crippen LogP contribution in [0.2, 0.25) is 0 Å². The Bertz CT molecular complexity index is 3590. The van der Waals surface area contributed by atoms with Gasteiger partial charge in [-0.05, 0) is 77.3 Å². The largest absolute Gasteiger partial charge is 0.458 e. The van der Waals surface area contributed by atoms with E-state index in [-0.39, 0.29) is 34.4 Å². The molecule has 5 heterocycles. The zero-order valence-electron chi connectivity index (χ0n) is 55.0. The van der Waals surface area contributed by atoms with Crippen LogP contribution in [0.1, 0.15) is 114 Å². The zero-order valence-corrected chi connectivity index (χ0v) is 55.0. The molecular formula is C62H84N12O19. The number of nitrogens with one attached hydrogen (secondary N) is 4. The van der Waals surface area contributed by atoms with E-state index in [1.807, 2.05) is 0 Å². The Labute approximate surface area is 536 Å². The third-order valence-corrected chi connectivity index (χ3v) is 17.9. The summed E-state index contributed by atoms with van der Waals surface area (Å²) in [4.78, 5) is 212. The number of ether oxygens (including phenoxy) is 2. The fourth-order valence-electron chi connectivity index (χ4n) is 12.2. The number of esters is 2. The van der Waals surface area contributed by atoms with E-state index in [2.05, 4.69) is 21.3 Å². The topological polar surface area (TPSA) is 418 Å². The number of aliphatic hydroxyl groups excluding tert-OH is 2. The van der Waals surface area contributed by atoms with Gasteiger partial charge >= 0.3 is 11.9 Å². The van der Waals surface area contributed by atoms with Crippen molar-refractivity contribution in [3.63, 3.8) is 0 Å². The third kappa shape index (κ3) is 13.8. The molecule has 0 unspecified atom stereocenters. The van der Waals surface area contributed by atoms with Crippen LogP contribution in [-0.4, -0.2) is 248 Å². The van der Waals surface area contributed by atoms with Gasteiger partial charge in [0.25, 0.3) is 11.8 Å². The van der Waals surface area contributed by atoms with Gasteiger partial charge in [0.15, 0.2) is 23.2 Å². The fraction of sp³-hybridized carbons (Fsp3) is 0.597. The van der Waals surface area contributed by atoms with Gasteiger partial charge in [-0.15, -0.1) is 0 Å². The summed E-state index contributed by atoms with van der Waals surface area (Å²) in [6.07, 6.45) is -5.48. The van der Waals surface area contributed by atoms with E-state index in [4.69, 9.17) is 24.6 Å². The number of aryl methyl sites for hydroxylation is 1. The lowest BCUT2D eigenvalue weighted by molar-refractivity contribution is -0.163. The summed E-state index contributed by atoms with van der Waals surface area (Å²) in [5.41, 5.74) is 2.69. The normalized spacial score (nSPS) is 28.1. The minimum atomic E-state index is -2.20. The van der Waals surface area contributed by atoms with Gasteiger partial charge in [-0.1, -0.05) is 47.6 Å². The van der Waals surface area contributed by atoms with Crippen molar-refractivity contribution in [2.75, 3.05) is 53.6 Å². The summed E-state index contributed by atoms with van der Waals surface area (Å²) in [5, 5.41) is 32.4. The molecule has 0 radical (unpaired) electrons. The first-order valence-electron chi connectivity index (χ1n) is 30.6. The Morgan fingerprint density at radius 3 is 1.82 bits per heavy atom. The molecule has 5 aliphatic heterocycles. The number of carbonyl (C=O) groups excluding carboxylic acids is 13. The summed E-state index contributed by atoms with van der Waals surface area (Å²) < 4.78 is 17.9. The Hall–Kier alpha value is -9.13. The average molecular weight is 1300 g/mol. The van der Waals surface area contributed by atoms with Gasteiger partial charge < -0.3 is 80.5 Å². The first-order chi connectivity index (χ1) is 43.4. The molecule has 4 saturated heterocycles. The number of ketones is 1. The van der Waals surface area contributed by atoms with Crippen molar-refractivity contribution < 1.29 is 86.4 Å². The number of aliphatic hydroxyl groups is 2. The Kier molecular flexibility index (Phi) is 21.5. The molecule has 0 spiro atoms. The maximum atomic E-state index is 15.2. The molecule has 1 aromatic carbocycles. The van der Waals surface area contributed by atoms with Crippen molar-refractivity contribution in [3.8, 4) is 11.5 Å². The van der Waals surface area contributed by atoms with Gasteiger partial charge in [-0.2, -0.15) is 0 Å². The van der Waals surface area contributed by atoms with E-state index in [1.165, 1.54) is 81.9 Å². The number of likely N-dealkylation sites (N-methyl/N-ethyl adjacent to an activating group) is 4. The number of cyclic esters (lactones) is 2. The molecule has 7 rings (SSSR count). The number of rotatable bonds is 8. The molecule has 31 heteroatoms. The number of hydrogen-bond acceptors (Lipinski definition) is 21. The molecule has 93 heavy (non-hydrogen) atoms. The quantitative estimate of drug-likeness (QED) is 0.0728. The zero-order chi connectivity index (χ0) is 69.6. The molecule has 506 valence electrons. The molecule has 10 amide bonds. The number of nitrogen functional groups attached to an aromatic ring is 1. The van der Waals surface area contributed by atoms with Crippen molar-refractivity contribution in [2.45, 2.75) is 175 Å². The van der Waals surface area contributed by atoms with Crippen molar-refractivity contribution in [1.82, 2.24) is 55.7 Å². The molecule has 1 aromatic rings. The highest BCUT2D eigenvalue weighted by atomic mass is 16.6. The minimum absolute atomic E-state index is 0.0373. The van der Waals surface area contributed by atoms with E-state index < -0.39 is 222 Å². The smallest absolute Gasteiger partial charge is 0.329 e. The van der Waals surface area contributed by atoms with Crippen molar-refractivity contribution >= 4 is 93.6 Å². The predicted octanol–water partition coefficient (Wildman–Crippen LogP) is -2.01. The fourth-order valence-corrected chi connectivity index (χ4v) is 12.2. The van der Waals surface area contributed by atoms with Gasteiger partial charge in [-0.25, -0.2) is 14.6 Å². The maximum Gasteiger partial charge on any atom is 0.329 e. The molecule has 8 N–H and O–H groups in total. The van der Waals surface area contributed by atoms with E-state index in [0.29, 0.717) is 5.56 Å². The monoisotopic (exact) mass is 1300 g/mol. The highest BCUT2D eigenvalue weighted by Crippen LogP contribution is 2.36. The lowest BCUT2D eigenvalue weighted by Gasteiger charge is -2.37. The maximum absolute atomic E-state index is 15.2. The lowest BCUT2D eigenvalue weighted by Crippen LogP contribution is -2.62. The predicted molar refractivity (Wildman–Crippen MR) is 329 cm³/mol. The molecule has 0 saturated carbocycles. The van der Waals surface area contributed by atoms with Crippen LogP contribution in [0.25, 0.3) is 22.6 Å². The Morgan fingerprint density at radius 1 is 0.699 bits per heavy atom. The Balaban J connectivity index is 1.34. The van der Waals surface area contributed by atoms with Gasteiger partial charge in [0.2, 0.25) is 52.7 Å². The first kappa shape index (κ1) is 71.3. The molecule has 6 aliphatic rings. The number of anilines is 1. The molecule has 0 aromatic heterocycles. The molecule has 13 atom stereocenters. The number of Topliss-reactive ketones (excluding diaryl/α,β-unsaturated/α-hetero) is 1. The first-order valence-corrected chi connectivity index (χ1v) is 30.6. The van der Waals surface area contributed by atoms with Crippen LogP contribution in [0.5, 0.6) is 0 Å². The highest BCUT2D eigenvalue weighted by Gasteiger charge is 2.52. The number of amides is 10. The standard InChI is InChI=1S/C62H84N12O19/c1-24(2)42-58(86)73-28(8)19-36(77)49(73)60(88)70(14)22-39(79)72(16)48(26(5)6)62(90)91-32(12)44(55(83)65-42)67-53(81)33-18-17-27(7)51-45(33)64-47-40(41(63)50(80)29(9)52(47)93-51)54(82)68-46-37(23-75)92-61(89)31(11)71(15)38(78)21-69(13)57(85)34-20-35(76)30(10)74(34)59(87)43(25(3)4)66-56(46)84/h17-18,24-26,28,30-32,34,36-37,42-44,46,48-49,75,77H,19-23,63H2,1-16H3,(H,65,83)(H,66,84)(H,67,81)(H,68,82)/t28-,30-,31-,32+,34-,36-,37-,42+,43+,44-,46-,48-,49-/m0/s1. The molecule has 4 fully saturated rings. The Morgan fingerprint density at radius 2 is 1.25 bits per heavy atom. The summed E-state index contributed by atoms with van der Waals surface area (Å²) in [6.45, 7) is 15.5. The number of carbonyl (C=O) groups is 13. The van der Waals surface area contributed by atoms with Gasteiger partial charge in [-0.3, -0.25) is 57.5 Å². The third-order valence-electron chi connectivity index (χ3n) is 17.9. The van der Waals surface area contributed by atoms with E-state index in [0.717, 1.165) is 29.4 Å². The lowest BCUT2D eigenvalue weighted by atomic mass is 9.98. The van der Waals surface area contributed by atoms with Gasteiger partial charge in [0.05, 0.1) is 48.7 Å². The van der Waals surface area contributed by atoms with Crippen LogP contribution in [0, 0.1) is 31.6 Å². The number of fused-ring (bicyclic) bond motifs is 4. The minimum Gasteiger partial charge on any atom is -0.458 e. The highest BCUT2D eigenvalue weighted by molar-refractivity contribution is 6.11.